The van der Waals surface area contributed by atoms with Crippen molar-refractivity contribution in [3.63, 3.8) is 0 Å². The van der Waals surface area contributed by atoms with E-state index in [4.69, 9.17) is 4.74 Å². The second-order valence-electron chi connectivity index (χ2n) is 3.75. The number of carbonyl (C=O) groups is 1. The molecule has 0 aromatic carbocycles. The highest BCUT2D eigenvalue weighted by atomic mass is 16.6. The highest BCUT2D eigenvalue weighted by Crippen LogP contribution is 1.99. The first-order valence-electron chi connectivity index (χ1n) is 5.39. The normalized spacial score (nSPS) is 11.4. The number of rotatable bonds is 4. The van der Waals surface area contributed by atoms with E-state index >= 15 is 0 Å². The molecule has 0 aliphatic heterocycles. The van der Waals surface area contributed by atoms with E-state index in [-0.39, 0.29) is 12.2 Å². The molecular weight excluding hydrogens is 190 g/mol. The van der Waals surface area contributed by atoms with Crippen LogP contribution in [0.5, 0.6) is 0 Å². The van der Waals surface area contributed by atoms with Crippen molar-refractivity contribution < 1.29 is 9.53 Å². The Hall–Kier alpha value is -0.830. The quantitative estimate of drug-likeness (QED) is 0.410. The zero-order valence-corrected chi connectivity index (χ0v) is 11.0. The summed E-state index contributed by atoms with van der Waals surface area (Å²) < 4.78 is 4.96. The summed E-state index contributed by atoms with van der Waals surface area (Å²) in [6.07, 6.45) is 2.44. The number of hydrogen-bond donors (Lipinski definition) is 0. The lowest BCUT2D eigenvalue weighted by Gasteiger charge is -2.19. The predicted molar refractivity (Wildman–Crippen MR) is 64.6 cm³/mol. The van der Waals surface area contributed by atoms with Crippen LogP contribution in [0.15, 0.2) is 12.2 Å². The molecule has 0 aromatic rings. The van der Waals surface area contributed by atoms with Crippen molar-refractivity contribution in [2.45, 2.75) is 46.8 Å². The summed E-state index contributed by atoms with van der Waals surface area (Å²) in [5.74, 6) is -0.341. The van der Waals surface area contributed by atoms with Gasteiger partial charge >= 0.3 is 5.97 Å². The summed E-state index contributed by atoms with van der Waals surface area (Å²) >= 11 is 0. The van der Waals surface area contributed by atoms with Gasteiger partial charge in [-0.3, -0.25) is 4.90 Å². The molecule has 3 heteroatoms. The summed E-state index contributed by atoms with van der Waals surface area (Å²) in [4.78, 5) is 12.7. The number of carbonyl (C=O) groups excluding carboxylic acids is 1. The highest BCUT2D eigenvalue weighted by molar-refractivity contribution is 5.87. The molecule has 0 heterocycles. The van der Waals surface area contributed by atoms with Gasteiger partial charge in [-0.25, -0.2) is 4.79 Å². The molecule has 0 N–H and O–H groups in total. The van der Waals surface area contributed by atoms with Gasteiger partial charge in [-0.15, -0.1) is 0 Å². The van der Waals surface area contributed by atoms with Crippen LogP contribution in [0.25, 0.3) is 0 Å². The molecule has 15 heavy (non-hydrogen) atoms. The standard InChI is InChI=1S/C8H15NO2.C4H10/c1-6(2)8(10)11-7(3)9(4)5;1-3-4-2/h7H,1H2,2-5H3;3-4H2,1-2H3. The second-order valence-corrected chi connectivity index (χ2v) is 3.75. The van der Waals surface area contributed by atoms with E-state index in [1.165, 1.54) is 12.8 Å². The minimum atomic E-state index is -0.341. The fourth-order valence-electron chi connectivity index (χ4n) is 0.361. The molecule has 0 aromatic heterocycles. The van der Waals surface area contributed by atoms with E-state index in [0.29, 0.717) is 5.57 Å². The lowest BCUT2D eigenvalue weighted by atomic mass is 10.4. The van der Waals surface area contributed by atoms with E-state index in [2.05, 4.69) is 20.4 Å². The van der Waals surface area contributed by atoms with E-state index in [1.807, 2.05) is 14.1 Å². The van der Waals surface area contributed by atoms with Crippen LogP contribution in [0, 0.1) is 0 Å². The Bertz CT molecular complexity index is 186. The Morgan fingerprint density at radius 3 is 1.93 bits per heavy atom. The van der Waals surface area contributed by atoms with Gasteiger partial charge in [0.2, 0.25) is 0 Å². The van der Waals surface area contributed by atoms with Crippen LogP contribution >= 0.6 is 0 Å². The molecule has 0 aliphatic rings. The van der Waals surface area contributed by atoms with Gasteiger partial charge in [0.05, 0.1) is 0 Å². The Morgan fingerprint density at radius 2 is 1.73 bits per heavy atom. The van der Waals surface area contributed by atoms with Crippen LogP contribution in [-0.2, 0) is 9.53 Å². The molecule has 0 radical (unpaired) electrons. The van der Waals surface area contributed by atoms with Crippen molar-refractivity contribution in [3.05, 3.63) is 12.2 Å². The monoisotopic (exact) mass is 215 g/mol. The van der Waals surface area contributed by atoms with Crippen molar-refractivity contribution >= 4 is 5.97 Å². The molecule has 0 saturated carbocycles. The smallest absolute Gasteiger partial charge is 0.334 e. The molecule has 0 amide bonds. The van der Waals surface area contributed by atoms with Crippen LogP contribution in [0.3, 0.4) is 0 Å². The average molecular weight is 215 g/mol. The second kappa shape index (κ2) is 9.71. The predicted octanol–water partition coefficient (Wildman–Crippen LogP) is 2.82. The van der Waals surface area contributed by atoms with Gasteiger partial charge in [-0.1, -0.05) is 33.3 Å². The molecule has 0 saturated heterocycles. The number of ether oxygens (including phenoxy) is 1. The fourth-order valence-corrected chi connectivity index (χ4v) is 0.361. The summed E-state index contributed by atoms with van der Waals surface area (Å²) in [5, 5.41) is 0. The Kier molecular flexibility index (Phi) is 10.7. The molecule has 0 spiro atoms. The molecule has 1 atom stereocenters. The third kappa shape index (κ3) is 11.1. The van der Waals surface area contributed by atoms with Gasteiger partial charge in [-0.05, 0) is 27.9 Å². The first kappa shape index (κ1) is 16.6. The maximum atomic E-state index is 10.9. The average Bonchev–Trinajstić information content (AvgIpc) is 2.17. The molecule has 90 valence electrons. The first-order chi connectivity index (χ1) is 6.86. The number of esters is 1. The molecular formula is C12H25NO2. The lowest BCUT2D eigenvalue weighted by Crippen LogP contribution is -2.30. The third-order valence-corrected chi connectivity index (χ3v) is 1.85. The fraction of sp³-hybridized carbons (Fsp3) is 0.750. The highest BCUT2D eigenvalue weighted by Gasteiger charge is 2.10. The van der Waals surface area contributed by atoms with Crippen LogP contribution in [-0.4, -0.2) is 31.2 Å². The van der Waals surface area contributed by atoms with Crippen molar-refractivity contribution in [1.82, 2.24) is 4.90 Å². The van der Waals surface area contributed by atoms with Gasteiger partial charge in [0.15, 0.2) is 6.23 Å². The first-order valence-corrected chi connectivity index (χ1v) is 5.39. The number of hydrogen-bond acceptors (Lipinski definition) is 3. The molecule has 1 unspecified atom stereocenters. The van der Waals surface area contributed by atoms with E-state index in [0.717, 1.165) is 0 Å². The van der Waals surface area contributed by atoms with Crippen LogP contribution < -0.4 is 0 Å². The summed E-state index contributed by atoms with van der Waals surface area (Å²) in [5.41, 5.74) is 0.429. The van der Waals surface area contributed by atoms with Crippen molar-refractivity contribution in [2.75, 3.05) is 14.1 Å². The van der Waals surface area contributed by atoms with Crippen LogP contribution in [0.4, 0.5) is 0 Å². The van der Waals surface area contributed by atoms with Crippen molar-refractivity contribution in [1.29, 1.82) is 0 Å². The largest absolute Gasteiger partial charge is 0.443 e. The van der Waals surface area contributed by atoms with Crippen LogP contribution in [0.1, 0.15) is 40.5 Å². The Balaban J connectivity index is 0. The SMILES string of the molecule is C=C(C)C(=O)OC(C)N(C)C.CCCC. The molecule has 0 rings (SSSR count). The van der Waals surface area contributed by atoms with E-state index in [1.54, 1.807) is 18.7 Å². The molecule has 0 aliphatic carbocycles. The van der Waals surface area contributed by atoms with Crippen LogP contribution in [0.2, 0.25) is 0 Å². The van der Waals surface area contributed by atoms with Gasteiger partial charge < -0.3 is 4.74 Å². The topological polar surface area (TPSA) is 29.5 Å². The zero-order valence-electron chi connectivity index (χ0n) is 11.0. The van der Waals surface area contributed by atoms with Gasteiger partial charge in [0.1, 0.15) is 0 Å². The van der Waals surface area contributed by atoms with Crippen molar-refractivity contribution in [2.24, 2.45) is 0 Å². The Morgan fingerprint density at radius 1 is 1.33 bits per heavy atom. The Labute approximate surface area is 94.1 Å². The van der Waals surface area contributed by atoms with E-state index < -0.39 is 0 Å². The molecule has 0 bridgehead atoms. The van der Waals surface area contributed by atoms with Gasteiger partial charge in [-0.2, -0.15) is 0 Å². The van der Waals surface area contributed by atoms with E-state index in [9.17, 15) is 4.79 Å². The minimum Gasteiger partial charge on any atom is -0.443 e. The van der Waals surface area contributed by atoms with Gasteiger partial charge in [0, 0.05) is 5.57 Å². The number of unbranched alkanes of at least 4 members (excludes halogenated alkanes) is 1. The van der Waals surface area contributed by atoms with Crippen molar-refractivity contribution in [3.8, 4) is 0 Å². The minimum absolute atomic E-state index is 0.195. The molecule has 0 fully saturated rings. The lowest BCUT2D eigenvalue weighted by molar-refractivity contribution is -0.150. The summed E-state index contributed by atoms with van der Waals surface area (Å²) in [6.45, 7) is 11.3. The molecule has 3 nitrogen and oxygen atoms in total. The third-order valence-electron chi connectivity index (χ3n) is 1.85. The maximum Gasteiger partial charge on any atom is 0.334 e. The summed E-state index contributed by atoms with van der Waals surface area (Å²) in [7, 11) is 3.69. The zero-order chi connectivity index (χ0) is 12.4. The number of nitrogens with zero attached hydrogens (tertiary/aromatic N) is 1. The summed E-state index contributed by atoms with van der Waals surface area (Å²) in [6, 6.07) is 0. The van der Waals surface area contributed by atoms with Gasteiger partial charge in [0.25, 0.3) is 0 Å². The maximum absolute atomic E-state index is 10.9.